The van der Waals surface area contributed by atoms with Crippen LogP contribution in [0, 0.1) is 6.92 Å². The summed E-state index contributed by atoms with van der Waals surface area (Å²) in [4.78, 5) is 20.0. The molecule has 1 saturated heterocycles. The van der Waals surface area contributed by atoms with Crippen LogP contribution in [0.15, 0.2) is 42.5 Å². The molecule has 5 nitrogen and oxygen atoms in total. The number of amides is 1. The molecular formula is C26H33N3O2. The van der Waals surface area contributed by atoms with Crippen molar-refractivity contribution in [1.82, 2.24) is 14.5 Å². The van der Waals surface area contributed by atoms with Gasteiger partial charge in [-0.2, -0.15) is 0 Å². The number of piperidine rings is 1. The third kappa shape index (κ3) is 4.60. The summed E-state index contributed by atoms with van der Waals surface area (Å²) in [6.07, 6.45) is 3.37. The first-order chi connectivity index (χ1) is 14.9. The van der Waals surface area contributed by atoms with E-state index in [1.807, 2.05) is 33.7 Å². The lowest BCUT2D eigenvalue weighted by molar-refractivity contribution is -0.135. The number of benzene rings is 2. The van der Waals surface area contributed by atoms with Gasteiger partial charge < -0.3 is 14.2 Å². The van der Waals surface area contributed by atoms with Gasteiger partial charge in [0.15, 0.2) is 0 Å². The number of imidazole rings is 1. The fraction of sp³-hybridized carbons (Fsp3) is 0.462. The number of ether oxygens (including phenoxy) is 1. The molecule has 1 atom stereocenters. The Kier molecular flexibility index (Phi) is 6.30. The maximum Gasteiger partial charge on any atom is 0.242 e. The fourth-order valence-electron chi connectivity index (χ4n) is 4.49. The van der Waals surface area contributed by atoms with Gasteiger partial charge in [0.1, 0.15) is 24.7 Å². The minimum atomic E-state index is 0.162. The summed E-state index contributed by atoms with van der Waals surface area (Å²) in [6, 6.07) is 14.7. The number of rotatable bonds is 6. The van der Waals surface area contributed by atoms with Crippen molar-refractivity contribution in [3.05, 3.63) is 59.4 Å². The van der Waals surface area contributed by atoms with E-state index in [0.717, 1.165) is 42.0 Å². The lowest BCUT2D eigenvalue weighted by Gasteiger charge is -2.33. The van der Waals surface area contributed by atoms with E-state index in [2.05, 4.69) is 45.9 Å². The van der Waals surface area contributed by atoms with E-state index in [9.17, 15) is 4.79 Å². The molecule has 0 aliphatic carbocycles. The maximum atomic E-state index is 13.2. The van der Waals surface area contributed by atoms with Gasteiger partial charge >= 0.3 is 0 Å². The maximum absolute atomic E-state index is 13.2. The van der Waals surface area contributed by atoms with Crippen molar-refractivity contribution >= 4 is 16.9 Å². The van der Waals surface area contributed by atoms with Gasteiger partial charge in [-0.15, -0.1) is 0 Å². The highest BCUT2D eigenvalue weighted by atomic mass is 16.5. The number of hydrogen-bond acceptors (Lipinski definition) is 3. The largest absolute Gasteiger partial charge is 0.485 e. The predicted octanol–water partition coefficient (Wildman–Crippen LogP) is 5.45. The summed E-state index contributed by atoms with van der Waals surface area (Å²) in [5.74, 6) is 2.21. The van der Waals surface area contributed by atoms with Gasteiger partial charge in [-0.1, -0.05) is 38.1 Å². The Morgan fingerprint density at radius 2 is 2.00 bits per heavy atom. The first kappa shape index (κ1) is 21.4. The molecule has 1 unspecified atom stereocenters. The molecule has 0 bridgehead atoms. The zero-order valence-electron chi connectivity index (χ0n) is 19.1. The summed E-state index contributed by atoms with van der Waals surface area (Å²) >= 11 is 0. The molecule has 1 aliphatic rings. The van der Waals surface area contributed by atoms with E-state index in [4.69, 9.17) is 9.72 Å². The number of para-hydroxylation sites is 2. The smallest absolute Gasteiger partial charge is 0.242 e. The second-order valence-electron chi connectivity index (χ2n) is 9.02. The predicted molar refractivity (Wildman–Crippen MR) is 124 cm³/mol. The molecule has 1 aliphatic heterocycles. The average molecular weight is 420 g/mol. The minimum absolute atomic E-state index is 0.162. The summed E-state index contributed by atoms with van der Waals surface area (Å²) < 4.78 is 8.31. The Bertz CT molecular complexity index is 1070. The van der Waals surface area contributed by atoms with Crippen LogP contribution in [0.25, 0.3) is 11.0 Å². The van der Waals surface area contributed by atoms with Crippen LogP contribution < -0.4 is 4.74 Å². The highest BCUT2D eigenvalue weighted by Gasteiger charge is 2.25. The van der Waals surface area contributed by atoms with Crippen molar-refractivity contribution < 1.29 is 9.53 Å². The molecule has 2 aromatic carbocycles. The normalized spacial score (nSPS) is 16.8. The average Bonchev–Trinajstić information content (AvgIpc) is 3.09. The molecule has 0 spiro atoms. The van der Waals surface area contributed by atoms with Crippen LogP contribution in [-0.4, -0.2) is 32.9 Å². The monoisotopic (exact) mass is 419 g/mol. The molecule has 0 radical (unpaired) electrons. The molecule has 1 amide bonds. The van der Waals surface area contributed by atoms with Crippen LogP contribution in [0.2, 0.25) is 0 Å². The molecule has 0 saturated carbocycles. The van der Waals surface area contributed by atoms with E-state index in [-0.39, 0.29) is 5.91 Å². The number of carbonyl (C=O) groups is 1. The highest BCUT2D eigenvalue weighted by Crippen LogP contribution is 2.29. The van der Waals surface area contributed by atoms with Gasteiger partial charge in [-0.3, -0.25) is 4.79 Å². The van der Waals surface area contributed by atoms with Crippen molar-refractivity contribution in [2.24, 2.45) is 0 Å². The number of aromatic nitrogens is 2. The Morgan fingerprint density at radius 1 is 1.19 bits per heavy atom. The standard InChI is InChI=1S/C26H33N3O2/c1-18(2)21-13-12-19(3)15-24(21)31-17-25-27-22-10-5-6-11-23(22)29(25)16-26(30)28-14-8-7-9-20(28)4/h5-6,10-13,15,18,20H,7-9,14,16-17H2,1-4H3. The number of carbonyl (C=O) groups excluding carboxylic acids is 1. The van der Waals surface area contributed by atoms with Crippen molar-refractivity contribution in [2.75, 3.05) is 6.54 Å². The van der Waals surface area contributed by atoms with E-state index < -0.39 is 0 Å². The highest BCUT2D eigenvalue weighted by molar-refractivity contribution is 5.81. The quantitative estimate of drug-likeness (QED) is 0.534. The number of fused-ring (bicyclic) bond motifs is 1. The first-order valence-corrected chi connectivity index (χ1v) is 11.4. The minimum Gasteiger partial charge on any atom is -0.485 e. The third-order valence-corrected chi connectivity index (χ3v) is 6.30. The van der Waals surface area contributed by atoms with Crippen molar-refractivity contribution in [3.8, 4) is 5.75 Å². The first-order valence-electron chi connectivity index (χ1n) is 11.4. The van der Waals surface area contributed by atoms with Gasteiger partial charge in [0, 0.05) is 12.6 Å². The number of nitrogens with zero attached hydrogens (tertiary/aromatic N) is 3. The topological polar surface area (TPSA) is 47.4 Å². The Hall–Kier alpha value is -2.82. The Balaban J connectivity index is 1.61. The van der Waals surface area contributed by atoms with Gasteiger partial charge in [0.05, 0.1) is 11.0 Å². The molecule has 4 rings (SSSR count). The lowest BCUT2D eigenvalue weighted by Crippen LogP contribution is -2.43. The molecule has 5 heteroatoms. The van der Waals surface area contributed by atoms with Gasteiger partial charge in [0.2, 0.25) is 5.91 Å². The molecule has 2 heterocycles. The van der Waals surface area contributed by atoms with Crippen molar-refractivity contribution in [2.45, 2.75) is 72.1 Å². The van der Waals surface area contributed by atoms with Crippen LogP contribution in [-0.2, 0) is 17.9 Å². The van der Waals surface area contributed by atoms with Crippen molar-refractivity contribution in [1.29, 1.82) is 0 Å². The summed E-state index contributed by atoms with van der Waals surface area (Å²) in [7, 11) is 0. The zero-order valence-corrected chi connectivity index (χ0v) is 19.1. The van der Waals surface area contributed by atoms with Gasteiger partial charge in [-0.25, -0.2) is 4.98 Å². The SMILES string of the molecule is Cc1ccc(C(C)C)c(OCc2nc3ccccc3n2CC(=O)N2CCCCC2C)c1. The van der Waals surface area contributed by atoms with Gasteiger partial charge in [-0.05, 0) is 68.4 Å². The van der Waals surface area contributed by atoms with E-state index in [1.165, 1.54) is 17.5 Å². The number of likely N-dealkylation sites (tertiary alicyclic amines) is 1. The second kappa shape index (κ2) is 9.13. The Labute approximate surface area is 185 Å². The number of hydrogen-bond donors (Lipinski definition) is 0. The van der Waals surface area contributed by atoms with E-state index in [1.54, 1.807) is 0 Å². The molecular weight excluding hydrogens is 386 g/mol. The van der Waals surface area contributed by atoms with Crippen LogP contribution >= 0.6 is 0 Å². The third-order valence-electron chi connectivity index (χ3n) is 6.30. The number of aryl methyl sites for hydroxylation is 1. The zero-order chi connectivity index (χ0) is 22.0. The van der Waals surface area contributed by atoms with E-state index >= 15 is 0 Å². The fourth-order valence-corrected chi connectivity index (χ4v) is 4.49. The second-order valence-corrected chi connectivity index (χ2v) is 9.02. The molecule has 31 heavy (non-hydrogen) atoms. The summed E-state index contributed by atoms with van der Waals surface area (Å²) in [5, 5.41) is 0. The molecule has 164 valence electrons. The van der Waals surface area contributed by atoms with Crippen LogP contribution in [0.3, 0.4) is 0 Å². The van der Waals surface area contributed by atoms with Gasteiger partial charge in [0.25, 0.3) is 0 Å². The molecule has 0 N–H and O–H groups in total. The molecule has 1 fully saturated rings. The Morgan fingerprint density at radius 3 is 2.77 bits per heavy atom. The molecule has 3 aromatic rings. The van der Waals surface area contributed by atoms with Crippen LogP contribution in [0.5, 0.6) is 5.75 Å². The molecule has 1 aromatic heterocycles. The summed E-state index contributed by atoms with van der Waals surface area (Å²) in [6.45, 7) is 10.0. The van der Waals surface area contributed by atoms with Crippen molar-refractivity contribution in [3.63, 3.8) is 0 Å². The van der Waals surface area contributed by atoms with E-state index in [0.29, 0.717) is 25.1 Å². The lowest BCUT2D eigenvalue weighted by atomic mass is 10.0. The van der Waals surface area contributed by atoms with Crippen LogP contribution in [0.4, 0.5) is 0 Å². The van der Waals surface area contributed by atoms with Crippen LogP contribution in [0.1, 0.15) is 62.9 Å². The summed E-state index contributed by atoms with van der Waals surface area (Å²) in [5.41, 5.74) is 4.23.